The van der Waals surface area contributed by atoms with Crippen molar-refractivity contribution in [1.29, 1.82) is 0 Å². The zero-order chi connectivity index (χ0) is 10.0. The summed E-state index contributed by atoms with van der Waals surface area (Å²) in [6, 6.07) is 2.97. The second kappa shape index (κ2) is 3.53. The number of hydrogen-bond acceptors (Lipinski definition) is 3. The number of rotatable bonds is 2. The highest BCUT2D eigenvalue weighted by atomic mass is 35.5. The minimum Gasteiger partial charge on any atom is -0.298 e. The number of nitro groups is 1. The second-order valence-electron chi connectivity index (χ2n) is 2.50. The first-order chi connectivity index (χ1) is 6.07. The van der Waals surface area contributed by atoms with E-state index in [0.717, 1.165) is 0 Å². The normalized spacial score (nSPS) is 9.69. The SMILES string of the molecule is Cc1ccc(Cl)c([N+](=O)[O-])c1C=O. The van der Waals surface area contributed by atoms with E-state index in [1.165, 1.54) is 6.07 Å². The number of nitro benzene ring substituents is 1. The van der Waals surface area contributed by atoms with Gasteiger partial charge < -0.3 is 0 Å². The fourth-order valence-corrected chi connectivity index (χ4v) is 1.25. The summed E-state index contributed by atoms with van der Waals surface area (Å²) in [5.74, 6) is 0. The molecule has 0 heterocycles. The van der Waals surface area contributed by atoms with Crippen molar-refractivity contribution in [3.8, 4) is 0 Å². The fourth-order valence-electron chi connectivity index (χ4n) is 1.02. The Balaban J connectivity index is 3.52. The molecule has 0 fully saturated rings. The van der Waals surface area contributed by atoms with E-state index in [-0.39, 0.29) is 16.3 Å². The molecule has 0 saturated carbocycles. The molecular formula is C8H6ClNO3. The van der Waals surface area contributed by atoms with E-state index in [2.05, 4.69) is 0 Å². The first kappa shape index (κ1) is 9.67. The molecule has 0 spiro atoms. The summed E-state index contributed by atoms with van der Waals surface area (Å²) in [5, 5.41) is 10.5. The lowest BCUT2D eigenvalue weighted by molar-refractivity contribution is -0.384. The largest absolute Gasteiger partial charge is 0.298 e. The fraction of sp³-hybridized carbons (Fsp3) is 0.125. The average molecular weight is 200 g/mol. The molecule has 0 aromatic heterocycles. The van der Waals surface area contributed by atoms with Crippen molar-refractivity contribution in [2.75, 3.05) is 0 Å². The lowest BCUT2D eigenvalue weighted by Crippen LogP contribution is -1.97. The monoisotopic (exact) mass is 199 g/mol. The third-order valence-electron chi connectivity index (χ3n) is 1.69. The van der Waals surface area contributed by atoms with Gasteiger partial charge in [-0.2, -0.15) is 0 Å². The highest BCUT2D eigenvalue weighted by Crippen LogP contribution is 2.29. The molecule has 0 aliphatic rings. The zero-order valence-electron chi connectivity index (χ0n) is 6.78. The van der Waals surface area contributed by atoms with Crippen LogP contribution >= 0.6 is 11.6 Å². The Morgan fingerprint density at radius 2 is 2.15 bits per heavy atom. The van der Waals surface area contributed by atoms with Crippen LogP contribution in [-0.4, -0.2) is 11.2 Å². The Morgan fingerprint density at radius 1 is 1.54 bits per heavy atom. The van der Waals surface area contributed by atoms with Crippen LogP contribution in [0.25, 0.3) is 0 Å². The lowest BCUT2D eigenvalue weighted by Gasteiger charge is -2.00. The molecule has 1 aromatic carbocycles. The third-order valence-corrected chi connectivity index (χ3v) is 1.99. The Morgan fingerprint density at radius 3 is 2.54 bits per heavy atom. The molecule has 0 amide bonds. The number of carbonyl (C=O) groups excluding carboxylic acids is 1. The summed E-state index contributed by atoms with van der Waals surface area (Å²) in [5.41, 5.74) is 0.264. The molecular weight excluding hydrogens is 194 g/mol. The van der Waals surface area contributed by atoms with Crippen molar-refractivity contribution in [1.82, 2.24) is 0 Å². The average Bonchev–Trinajstić information content (AvgIpc) is 2.07. The number of hydrogen-bond donors (Lipinski definition) is 0. The van der Waals surface area contributed by atoms with Crippen LogP contribution in [0, 0.1) is 17.0 Å². The number of carbonyl (C=O) groups is 1. The molecule has 0 N–H and O–H groups in total. The Hall–Kier alpha value is -1.42. The van der Waals surface area contributed by atoms with Gasteiger partial charge >= 0.3 is 0 Å². The van der Waals surface area contributed by atoms with Gasteiger partial charge in [-0.3, -0.25) is 14.9 Å². The molecule has 0 atom stereocenters. The van der Waals surface area contributed by atoms with Crippen LogP contribution in [0.5, 0.6) is 0 Å². The molecule has 5 heteroatoms. The quantitative estimate of drug-likeness (QED) is 0.417. The van der Waals surface area contributed by atoms with Gasteiger partial charge in [0.25, 0.3) is 5.69 Å². The maximum absolute atomic E-state index is 10.5. The molecule has 1 rings (SSSR count). The smallest absolute Gasteiger partial charge is 0.298 e. The standard InChI is InChI=1S/C8H6ClNO3/c1-5-2-3-7(9)8(10(12)13)6(5)4-11/h2-4H,1H3. The van der Waals surface area contributed by atoms with Crippen molar-refractivity contribution in [3.05, 3.63) is 38.4 Å². The molecule has 0 bridgehead atoms. The molecule has 0 unspecified atom stereocenters. The number of nitrogens with zero attached hydrogens (tertiary/aromatic N) is 1. The summed E-state index contributed by atoms with van der Waals surface area (Å²) >= 11 is 5.57. The van der Waals surface area contributed by atoms with Crippen LogP contribution in [0.2, 0.25) is 5.02 Å². The number of halogens is 1. The van der Waals surface area contributed by atoms with E-state index in [1.54, 1.807) is 13.0 Å². The topological polar surface area (TPSA) is 60.2 Å². The van der Waals surface area contributed by atoms with Crippen LogP contribution in [0.4, 0.5) is 5.69 Å². The molecule has 0 saturated heterocycles. The number of aryl methyl sites for hydroxylation is 1. The van der Waals surface area contributed by atoms with Gasteiger partial charge in [-0.05, 0) is 18.6 Å². The molecule has 4 nitrogen and oxygen atoms in total. The van der Waals surface area contributed by atoms with Crippen LogP contribution < -0.4 is 0 Å². The molecule has 68 valence electrons. The highest BCUT2D eigenvalue weighted by Gasteiger charge is 2.19. The minimum absolute atomic E-state index is 0.0160. The van der Waals surface area contributed by atoms with E-state index < -0.39 is 4.92 Å². The molecule has 0 radical (unpaired) electrons. The van der Waals surface area contributed by atoms with Crippen LogP contribution in [0.3, 0.4) is 0 Å². The van der Waals surface area contributed by atoms with Crippen molar-refractivity contribution in [2.24, 2.45) is 0 Å². The Labute approximate surface area is 79.3 Å². The van der Waals surface area contributed by atoms with Gasteiger partial charge in [-0.25, -0.2) is 0 Å². The van der Waals surface area contributed by atoms with Gasteiger partial charge in [-0.1, -0.05) is 17.7 Å². The summed E-state index contributed by atoms with van der Waals surface area (Å²) < 4.78 is 0. The Bertz CT molecular complexity index is 376. The van der Waals surface area contributed by atoms with Gasteiger partial charge in [0.15, 0.2) is 6.29 Å². The van der Waals surface area contributed by atoms with Gasteiger partial charge in [-0.15, -0.1) is 0 Å². The van der Waals surface area contributed by atoms with Gasteiger partial charge in [0, 0.05) is 0 Å². The van der Waals surface area contributed by atoms with Gasteiger partial charge in [0.2, 0.25) is 0 Å². The number of benzene rings is 1. The molecule has 0 aliphatic heterocycles. The van der Waals surface area contributed by atoms with E-state index >= 15 is 0 Å². The van der Waals surface area contributed by atoms with Crippen LogP contribution in [0.1, 0.15) is 15.9 Å². The Kier molecular flexibility index (Phi) is 2.63. The summed E-state index contributed by atoms with van der Waals surface area (Å²) in [4.78, 5) is 20.4. The van der Waals surface area contributed by atoms with Crippen molar-refractivity contribution in [3.63, 3.8) is 0 Å². The minimum atomic E-state index is -0.654. The first-order valence-electron chi connectivity index (χ1n) is 3.46. The van der Waals surface area contributed by atoms with E-state index in [4.69, 9.17) is 11.6 Å². The highest BCUT2D eigenvalue weighted by molar-refractivity contribution is 6.33. The summed E-state index contributed by atoms with van der Waals surface area (Å²) in [7, 11) is 0. The summed E-state index contributed by atoms with van der Waals surface area (Å²) in [6.07, 6.45) is 0.444. The predicted molar refractivity (Wildman–Crippen MR) is 48.2 cm³/mol. The summed E-state index contributed by atoms with van der Waals surface area (Å²) in [6.45, 7) is 1.62. The lowest BCUT2D eigenvalue weighted by atomic mass is 10.1. The maximum Gasteiger partial charge on any atom is 0.298 e. The van der Waals surface area contributed by atoms with E-state index in [0.29, 0.717) is 11.8 Å². The van der Waals surface area contributed by atoms with Crippen molar-refractivity contribution in [2.45, 2.75) is 6.92 Å². The maximum atomic E-state index is 10.5. The van der Waals surface area contributed by atoms with Crippen molar-refractivity contribution >= 4 is 23.6 Å². The van der Waals surface area contributed by atoms with Crippen LogP contribution in [-0.2, 0) is 0 Å². The van der Waals surface area contributed by atoms with E-state index in [9.17, 15) is 14.9 Å². The van der Waals surface area contributed by atoms with Crippen molar-refractivity contribution < 1.29 is 9.72 Å². The van der Waals surface area contributed by atoms with Gasteiger partial charge in [0.1, 0.15) is 5.02 Å². The van der Waals surface area contributed by atoms with Crippen LogP contribution in [0.15, 0.2) is 12.1 Å². The molecule has 13 heavy (non-hydrogen) atoms. The van der Waals surface area contributed by atoms with Gasteiger partial charge in [0.05, 0.1) is 10.5 Å². The zero-order valence-corrected chi connectivity index (χ0v) is 7.54. The second-order valence-corrected chi connectivity index (χ2v) is 2.91. The van der Waals surface area contributed by atoms with E-state index in [1.807, 2.05) is 0 Å². The third kappa shape index (κ3) is 1.67. The molecule has 1 aromatic rings. The number of aldehydes is 1. The first-order valence-corrected chi connectivity index (χ1v) is 3.84. The predicted octanol–water partition coefficient (Wildman–Crippen LogP) is 2.37. The molecule has 0 aliphatic carbocycles.